The summed E-state index contributed by atoms with van der Waals surface area (Å²) in [4.78, 5) is 2.22. The van der Waals surface area contributed by atoms with E-state index >= 15 is 0 Å². The van der Waals surface area contributed by atoms with Crippen molar-refractivity contribution in [3.63, 3.8) is 0 Å². The van der Waals surface area contributed by atoms with Gasteiger partial charge in [-0.2, -0.15) is 8.42 Å². The molecule has 5 nitrogen and oxygen atoms in total. The Kier molecular flexibility index (Phi) is 6.27. The maximum atomic E-state index is 10.4. The molecule has 6 heteroatoms. The molecule has 0 aliphatic rings. The zero-order chi connectivity index (χ0) is 14.3. The second-order valence-electron chi connectivity index (χ2n) is 4.38. The molecule has 0 aromatic heterocycles. The Morgan fingerprint density at radius 1 is 1.32 bits per heavy atom. The molecule has 0 unspecified atom stereocenters. The van der Waals surface area contributed by atoms with Crippen LogP contribution in [0.4, 0.5) is 5.69 Å². The van der Waals surface area contributed by atoms with Crippen molar-refractivity contribution in [1.82, 2.24) is 0 Å². The Hall–Kier alpha value is -1.11. The summed E-state index contributed by atoms with van der Waals surface area (Å²) in [5, 5.41) is 0. The lowest BCUT2D eigenvalue weighted by molar-refractivity contribution is 0.263. The summed E-state index contributed by atoms with van der Waals surface area (Å²) in [5.74, 6) is 0. The van der Waals surface area contributed by atoms with Crippen molar-refractivity contribution in [2.75, 3.05) is 24.6 Å². The van der Waals surface area contributed by atoms with Gasteiger partial charge < -0.3 is 4.90 Å². The van der Waals surface area contributed by atoms with Gasteiger partial charge in [-0.1, -0.05) is 12.1 Å². The zero-order valence-electron chi connectivity index (χ0n) is 11.4. The third-order valence-electron chi connectivity index (χ3n) is 2.80. The van der Waals surface area contributed by atoms with Crippen LogP contribution in [0.2, 0.25) is 0 Å². The van der Waals surface area contributed by atoms with Crippen LogP contribution in [0.15, 0.2) is 24.3 Å². The summed E-state index contributed by atoms with van der Waals surface area (Å²) >= 11 is 0. The standard InChI is InChI=1S/C13H21NO4S/c1-3-14(13-8-6-7-12(2)11-13)9-4-5-10-18-19(15,16)17/h6-8,11H,3-5,9-10H2,1-2H3,(H,15,16,17). The molecule has 19 heavy (non-hydrogen) atoms. The van der Waals surface area contributed by atoms with Gasteiger partial charge in [-0.3, -0.25) is 4.55 Å². The van der Waals surface area contributed by atoms with Gasteiger partial charge in [-0.05, 0) is 44.4 Å². The van der Waals surface area contributed by atoms with Gasteiger partial charge in [-0.25, -0.2) is 4.18 Å². The number of anilines is 1. The summed E-state index contributed by atoms with van der Waals surface area (Å²) < 4.78 is 33.4. The summed E-state index contributed by atoms with van der Waals surface area (Å²) in [6.07, 6.45) is 1.39. The van der Waals surface area contributed by atoms with Gasteiger partial charge >= 0.3 is 10.4 Å². The molecule has 0 heterocycles. The van der Waals surface area contributed by atoms with Gasteiger partial charge in [0.05, 0.1) is 6.61 Å². The minimum absolute atomic E-state index is 0.0181. The van der Waals surface area contributed by atoms with Crippen LogP contribution in [0.25, 0.3) is 0 Å². The first-order valence-electron chi connectivity index (χ1n) is 6.36. The minimum Gasteiger partial charge on any atom is -0.372 e. The predicted molar refractivity (Wildman–Crippen MR) is 75.8 cm³/mol. The van der Waals surface area contributed by atoms with Gasteiger partial charge in [0, 0.05) is 18.8 Å². The largest absolute Gasteiger partial charge is 0.397 e. The highest BCUT2D eigenvalue weighted by atomic mass is 32.3. The second kappa shape index (κ2) is 7.47. The SMILES string of the molecule is CCN(CCCCOS(=O)(=O)O)c1cccc(C)c1. The first kappa shape index (κ1) is 15.9. The molecule has 1 rings (SSSR count). The van der Waals surface area contributed by atoms with Crippen LogP contribution < -0.4 is 4.90 Å². The number of aryl methyl sites for hydroxylation is 1. The van der Waals surface area contributed by atoms with Crippen LogP contribution >= 0.6 is 0 Å². The summed E-state index contributed by atoms with van der Waals surface area (Å²) in [6.45, 7) is 5.87. The molecule has 0 saturated heterocycles. The molecule has 108 valence electrons. The van der Waals surface area contributed by atoms with E-state index in [2.05, 4.69) is 41.1 Å². The minimum atomic E-state index is -4.30. The monoisotopic (exact) mass is 287 g/mol. The van der Waals surface area contributed by atoms with Crippen LogP contribution in [0.3, 0.4) is 0 Å². The van der Waals surface area contributed by atoms with E-state index in [0.717, 1.165) is 25.2 Å². The maximum absolute atomic E-state index is 10.4. The Labute approximate surface area is 115 Å². The lowest BCUT2D eigenvalue weighted by Crippen LogP contribution is -2.24. The number of benzene rings is 1. The van der Waals surface area contributed by atoms with Crippen LogP contribution in [0.5, 0.6) is 0 Å². The molecule has 0 bridgehead atoms. The Bertz CT molecular complexity index is 487. The summed E-state index contributed by atoms with van der Waals surface area (Å²) in [7, 11) is -4.30. The van der Waals surface area contributed by atoms with Crippen LogP contribution in [0.1, 0.15) is 25.3 Å². The Morgan fingerprint density at radius 2 is 2.05 bits per heavy atom. The smallest absolute Gasteiger partial charge is 0.372 e. The molecule has 1 aromatic carbocycles. The van der Waals surface area contributed by atoms with Crippen molar-refractivity contribution in [3.05, 3.63) is 29.8 Å². The lowest BCUT2D eigenvalue weighted by atomic mass is 10.2. The average molecular weight is 287 g/mol. The molecular weight excluding hydrogens is 266 g/mol. The molecule has 0 fully saturated rings. The molecule has 0 radical (unpaired) electrons. The second-order valence-corrected chi connectivity index (χ2v) is 5.47. The van der Waals surface area contributed by atoms with E-state index in [4.69, 9.17) is 4.55 Å². The maximum Gasteiger partial charge on any atom is 0.397 e. The van der Waals surface area contributed by atoms with Crippen molar-refractivity contribution >= 4 is 16.1 Å². The van der Waals surface area contributed by atoms with Crippen LogP contribution in [-0.2, 0) is 14.6 Å². The van der Waals surface area contributed by atoms with Crippen molar-refractivity contribution in [2.24, 2.45) is 0 Å². The highest BCUT2D eigenvalue weighted by molar-refractivity contribution is 7.80. The number of hydrogen-bond acceptors (Lipinski definition) is 4. The molecule has 0 aliphatic carbocycles. The van der Waals surface area contributed by atoms with E-state index in [0.29, 0.717) is 6.42 Å². The molecule has 0 saturated carbocycles. The van der Waals surface area contributed by atoms with Crippen molar-refractivity contribution in [2.45, 2.75) is 26.7 Å². The summed E-state index contributed by atoms with van der Waals surface area (Å²) in [6, 6.07) is 8.26. The van der Waals surface area contributed by atoms with Crippen molar-refractivity contribution in [1.29, 1.82) is 0 Å². The van der Waals surface area contributed by atoms with Gasteiger partial charge in [0.2, 0.25) is 0 Å². The van der Waals surface area contributed by atoms with Crippen molar-refractivity contribution < 1.29 is 17.2 Å². The molecule has 0 aliphatic heterocycles. The molecule has 0 atom stereocenters. The van der Waals surface area contributed by atoms with E-state index in [1.807, 2.05) is 6.07 Å². The highest BCUT2D eigenvalue weighted by Gasteiger charge is 2.06. The molecule has 0 amide bonds. The van der Waals surface area contributed by atoms with E-state index < -0.39 is 10.4 Å². The number of rotatable bonds is 8. The fraction of sp³-hybridized carbons (Fsp3) is 0.538. The van der Waals surface area contributed by atoms with Gasteiger partial charge in [0.25, 0.3) is 0 Å². The van der Waals surface area contributed by atoms with E-state index in [-0.39, 0.29) is 6.61 Å². The molecule has 1 N–H and O–H groups in total. The van der Waals surface area contributed by atoms with Crippen LogP contribution in [-0.4, -0.2) is 32.7 Å². The summed E-state index contributed by atoms with van der Waals surface area (Å²) in [5.41, 5.74) is 2.38. The fourth-order valence-corrected chi connectivity index (χ4v) is 2.19. The van der Waals surface area contributed by atoms with Crippen LogP contribution in [0, 0.1) is 6.92 Å². The highest BCUT2D eigenvalue weighted by Crippen LogP contribution is 2.16. The van der Waals surface area contributed by atoms with Crippen molar-refractivity contribution in [3.8, 4) is 0 Å². The fourth-order valence-electron chi connectivity index (χ4n) is 1.86. The normalized spacial score (nSPS) is 11.5. The lowest BCUT2D eigenvalue weighted by Gasteiger charge is -2.23. The van der Waals surface area contributed by atoms with Gasteiger partial charge in [-0.15, -0.1) is 0 Å². The third-order valence-corrected chi connectivity index (χ3v) is 3.27. The van der Waals surface area contributed by atoms with Gasteiger partial charge in [0.1, 0.15) is 0 Å². The number of nitrogens with zero attached hydrogens (tertiary/aromatic N) is 1. The first-order valence-corrected chi connectivity index (χ1v) is 7.72. The molecule has 0 spiro atoms. The topological polar surface area (TPSA) is 66.8 Å². The molecule has 1 aromatic rings. The Morgan fingerprint density at radius 3 is 2.63 bits per heavy atom. The predicted octanol–water partition coefficient (Wildman–Crippen LogP) is 2.42. The third kappa shape index (κ3) is 6.56. The van der Waals surface area contributed by atoms with Gasteiger partial charge in [0.15, 0.2) is 0 Å². The van der Waals surface area contributed by atoms with E-state index in [1.54, 1.807) is 0 Å². The average Bonchev–Trinajstić information content (AvgIpc) is 2.32. The van der Waals surface area contributed by atoms with E-state index in [9.17, 15) is 8.42 Å². The van der Waals surface area contributed by atoms with E-state index in [1.165, 1.54) is 5.56 Å². The Balaban J connectivity index is 2.37. The number of hydrogen-bond donors (Lipinski definition) is 1. The first-order chi connectivity index (χ1) is 8.92. The molecular formula is C13H21NO4S. The number of unbranched alkanes of at least 4 members (excludes halogenated alkanes) is 1. The zero-order valence-corrected chi connectivity index (χ0v) is 12.2. The quantitative estimate of drug-likeness (QED) is 0.587.